The van der Waals surface area contributed by atoms with Crippen LogP contribution in [0.2, 0.25) is 0 Å². The van der Waals surface area contributed by atoms with E-state index >= 15 is 0 Å². The molecular weight excluding hydrogens is 273 g/mol. The normalized spacial score (nSPS) is 14.1. The predicted molar refractivity (Wildman–Crippen MR) is 54.6 cm³/mol. The smallest absolute Gasteiger partial charge is 0.413 e. The lowest BCUT2D eigenvalue weighted by atomic mass is 10.1. The molecule has 1 heterocycles. The third-order valence-electron chi connectivity index (χ3n) is 2.71. The second-order valence-electron chi connectivity index (χ2n) is 3.96. The maximum atomic E-state index is 13.4. The molecule has 0 saturated carbocycles. The molecule has 3 nitrogen and oxygen atoms in total. The molecule has 19 heavy (non-hydrogen) atoms. The fraction of sp³-hybridized carbons (Fsp3) is 0.273. The molecule has 0 radical (unpaired) electrons. The van der Waals surface area contributed by atoms with E-state index in [0.717, 1.165) is 11.5 Å². The van der Waals surface area contributed by atoms with E-state index in [9.17, 15) is 22.0 Å². The van der Waals surface area contributed by atoms with E-state index in [2.05, 4.69) is 0 Å². The quantitative estimate of drug-likeness (QED) is 0.653. The van der Waals surface area contributed by atoms with E-state index < -0.39 is 35.2 Å². The van der Waals surface area contributed by atoms with Crippen LogP contribution in [0.25, 0.3) is 11.0 Å². The Kier molecular flexibility index (Phi) is 3.23. The minimum Gasteiger partial charge on any atom is -0.456 e. The maximum absolute atomic E-state index is 13.4. The van der Waals surface area contributed by atoms with Crippen LogP contribution in [0.3, 0.4) is 0 Å². The summed E-state index contributed by atoms with van der Waals surface area (Å²) in [5, 5.41) is 8.48. The number of furan rings is 1. The van der Waals surface area contributed by atoms with E-state index in [-0.39, 0.29) is 10.9 Å². The van der Waals surface area contributed by atoms with Crippen LogP contribution in [0.5, 0.6) is 0 Å². The summed E-state index contributed by atoms with van der Waals surface area (Å²) in [4.78, 5) is 0. The van der Waals surface area contributed by atoms with E-state index in [1.807, 2.05) is 0 Å². The molecule has 0 bridgehead atoms. The van der Waals surface area contributed by atoms with Gasteiger partial charge in [-0.3, -0.25) is 0 Å². The molecule has 0 aliphatic heterocycles. The fourth-order valence-electron chi connectivity index (χ4n) is 1.82. The van der Waals surface area contributed by atoms with Crippen molar-refractivity contribution in [3.8, 4) is 0 Å². The first-order chi connectivity index (χ1) is 8.75. The van der Waals surface area contributed by atoms with Crippen LogP contribution in [-0.2, 0) is 0 Å². The molecule has 0 fully saturated rings. The molecule has 0 spiro atoms. The van der Waals surface area contributed by atoms with E-state index in [0.29, 0.717) is 6.07 Å². The third kappa shape index (κ3) is 2.28. The lowest BCUT2D eigenvalue weighted by Crippen LogP contribution is -2.32. The number of halogens is 5. The Balaban J connectivity index is 2.69. The Labute approximate surface area is 103 Å². The van der Waals surface area contributed by atoms with Crippen molar-refractivity contribution in [1.29, 1.82) is 0 Å². The summed E-state index contributed by atoms with van der Waals surface area (Å²) in [5.41, 5.74) is 0.472. The van der Waals surface area contributed by atoms with Crippen molar-refractivity contribution >= 4 is 11.0 Å². The van der Waals surface area contributed by atoms with Gasteiger partial charge in [-0.05, 0) is 13.0 Å². The highest BCUT2D eigenvalue weighted by Crippen LogP contribution is 2.38. The molecule has 0 saturated heterocycles. The molecule has 0 unspecified atom stereocenters. The number of rotatable bonds is 2. The molecule has 1 aromatic heterocycles. The summed E-state index contributed by atoms with van der Waals surface area (Å²) in [6.07, 6.45) is -4.84. The Morgan fingerprint density at radius 2 is 1.89 bits per heavy atom. The van der Waals surface area contributed by atoms with Gasteiger partial charge >= 0.3 is 6.18 Å². The number of hydrogen-bond donors (Lipinski definition) is 2. The van der Waals surface area contributed by atoms with Crippen LogP contribution in [0.1, 0.15) is 17.4 Å². The van der Waals surface area contributed by atoms with Gasteiger partial charge in [0.05, 0.1) is 0 Å². The highest BCUT2D eigenvalue weighted by molar-refractivity contribution is 5.82. The number of hydroxylamine groups is 1. The lowest BCUT2D eigenvalue weighted by Gasteiger charge is -2.16. The molecule has 2 aromatic rings. The highest BCUT2D eigenvalue weighted by atomic mass is 19.4. The highest BCUT2D eigenvalue weighted by Gasteiger charge is 2.44. The standard InChI is InChI=1S/C11H8F5NO2/c1-4-6-2-5(12)3-7(13)9(6)19-8(4)10(17-18)11(14,15)16/h2-3,10,17-18H,1H3/t10-/m1/s1. The molecule has 8 heteroatoms. The van der Waals surface area contributed by atoms with E-state index in [4.69, 9.17) is 9.62 Å². The number of benzene rings is 1. The van der Waals surface area contributed by atoms with Crippen LogP contribution in [0.15, 0.2) is 16.5 Å². The summed E-state index contributed by atoms with van der Waals surface area (Å²) < 4.78 is 69.2. The Morgan fingerprint density at radius 1 is 1.26 bits per heavy atom. The summed E-state index contributed by atoms with van der Waals surface area (Å²) in [6.45, 7) is 1.22. The average molecular weight is 281 g/mol. The second kappa shape index (κ2) is 4.46. The van der Waals surface area contributed by atoms with Crippen LogP contribution in [-0.4, -0.2) is 11.4 Å². The van der Waals surface area contributed by atoms with Gasteiger partial charge in [-0.25, -0.2) is 8.78 Å². The monoisotopic (exact) mass is 281 g/mol. The Bertz CT molecular complexity index is 620. The first kappa shape index (κ1) is 13.8. The van der Waals surface area contributed by atoms with Crippen molar-refractivity contribution < 1.29 is 31.6 Å². The van der Waals surface area contributed by atoms with Gasteiger partial charge in [0, 0.05) is 17.0 Å². The molecule has 104 valence electrons. The van der Waals surface area contributed by atoms with Gasteiger partial charge in [0.15, 0.2) is 17.4 Å². The van der Waals surface area contributed by atoms with Crippen molar-refractivity contribution in [1.82, 2.24) is 5.48 Å². The zero-order valence-corrected chi connectivity index (χ0v) is 9.48. The lowest BCUT2D eigenvalue weighted by molar-refractivity contribution is -0.182. The van der Waals surface area contributed by atoms with Gasteiger partial charge in [-0.15, -0.1) is 0 Å². The summed E-state index contributed by atoms with van der Waals surface area (Å²) in [6, 6.07) is -1.14. The van der Waals surface area contributed by atoms with E-state index in [1.165, 1.54) is 6.92 Å². The number of fused-ring (bicyclic) bond motifs is 1. The van der Waals surface area contributed by atoms with Gasteiger partial charge in [0.2, 0.25) is 0 Å². The first-order valence-electron chi connectivity index (χ1n) is 5.10. The number of alkyl halides is 3. The second-order valence-corrected chi connectivity index (χ2v) is 3.96. The minimum absolute atomic E-state index is 0.0997. The van der Waals surface area contributed by atoms with Crippen molar-refractivity contribution in [3.05, 3.63) is 35.1 Å². The van der Waals surface area contributed by atoms with Gasteiger partial charge in [-0.1, -0.05) is 0 Å². The molecule has 0 aliphatic carbocycles. The minimum atomic E-state index is -4.84. The molecule has 1 aromatic carbocycles. The largest absolute Gasteiger partial charge is 0.456 e. The van der Waals surface area contributed by atoms with Crippen molar-refractivity contribution in [2.75, 3.05) is 0 Å². The maximum Gasteiger partial charge on any atom is 0.413 e. The van der Waals surface area contributed by atoms with Crippen molar-refractivity contribution in [2.24, 2.45) is 0 Å². The fourth-order valence-corrected chi connectivity index (χ4v) is 1.82. The third-order valence-corrected chi connectivity index (χ3v) is 2.71. The zero-order chi connectivity index (χ0) is 14.4. The molecular formula is C11H8F5NO2. The average Bonchev–Trinajstić information content (AvgIpc) is 2.57. The van der Waals surface area contributed by atoms with Crippen molar-refractivity contribution in [3.63, 3.8) is 0 Å². The van der Waals surface area contributed by atoms with Gasteiger partial charge in [-0.2, -0.15) is 18.7 Å². The summed E-state index contributed by atoms with van der Waals surface area (Å²) in [5.74, 6) is -2.75. The van der Waals surface area contributed by atoms with Crippen LogP contribution in [0.4, 0.5) is 22.0 Å². The molecule has 1 atom stereocenters. The van der Waals surface area contributed by atoms with Gasteiger partial charge in [0.1, 0.15) is 11.6 Å². The SMILES string of the molecule is Cc1c([C@@H](NO)C(F)(F)F)oc2c(F)cc(F)cc12. The summed E-state index contributed by atoms with van der Waals surface area (Å²) in [7, 11) is 0. The number of aryl methyl sites for hydroxylation is 1. The molecule has 0 aliphatic rings. The topological polar surface area (TPSA) is 45.4 Å². The molecule has 2 N–H and O–H groups in total. The predicted octanol–water partition coefficient (Wildman–Crippen LogP) is 3.60. The van der Waals surface area contributed by atoms with Crippen LogP contribution < -0.4 is 5.48 Å². The first-order valence-corrected chi connectivity index (χ1v) is 5.10. The Morgan fingerprint density at radius 3 is 2.42 bits per heavy atom. The molecule has 0 amide bonds. The Hall–Kier alpha value is -1.67. The number of nitrogens with one attached hydrogen (secondary N) is 1. The summed E-state index contributed by atoms with van der Waals surface area (Å²) >= 11 is 0. The van der Waals surface area contributed by atoms with Gasteiger partial charge in [0.25, 0.3) is 0 Å². The van der Waals surface area contributed by atoms with Crippen molar-refractivity contribution in [2.45, 2.75) is 19.1 Å². The molecule has 2 rings (SSSR count). The van der Waals surface area contributed by atoms with E-state index in [1.54, 1.807) is 0 Å². The number of hydrogen-bond acceptors (Lipinski definition) is 3. The van der Waals surface area contributed by atoms with Crippen LogP contribution in [0, 0.1) is 18.6 Å². The zero-order valence-electron chi connectivity index (χ0n) is 9.48. The van der Waals surface area contributed by atoms with Crippen LogP contribution >= 0.6 is 0 Å². The van der Waals surface area contributed by atoms with Gasteiger partial charge < -0.3 is 9.62 Å².